The van der Waals surface area contributed by atoms with Crippen molar-refractivity contribution in [2.24, 2.45) is 5.84 Å². The van der Waals surface area contributed by atoms with Crippen LogP contribution >= 0.6 is 0 Å². The minimum atomic E-state index is -0.190. The summed E-state index contributed by atoms with van der Waals surface area (Å²) in [6.07, 6.45) is 6.65. The maximum atomic E-state index is 13.8. The number of benzene rings is 1. The van der Waals surface area contributed by atoms with Crippen molar-refractivity contribution in [3.63, 3.8) is 0 Å². The highest BCUT2D eigenvalue weighted by Crippen LogP contribution is 2.30. The summed E-state index contributed by atoms with van der Waals surface area (Å²) in [5.41, 5.74) is 5.67. The van der Waals surface area contributed by atoms with E-state index in [-0.39, 0.29) is 11.9 Å². The molecule has 0 saturated carbocycles. The molecule has 0 radical (unpaired) electrons. The first-order valence-electron chi connectivity index (χ1n) is 6.13. The van der Waals surface area contributed by atoms with Crippen molar-refractivity contribution in [1.82, 2.24) is 5.43 Å². The van der Waals surface area contributed by atoms with Gasteiger partial charge in [-0.1, -0.05) is 29.3 Å². The summed E-state index contributed by atoms with van der Waals surface area (Å²) in [7, 11) is 0. The zero-order chi connectivity index (χ0) is 12.3. The molecule has 2 rings (SSSR count). The molecule has 1 atom stereocenters. The third-order valence-corrected chi connectivity index (χ3v) is 3.33. The van der Waals surface area contributed by atoms with E-state index in [1.54, 1.807) is 6.07 Å². The van der Waals surface area contributed by atoms with Crippen LogP contribution in [0.25, 0.3) is 0 Å². The molecule has 2 nitrogen and oxygen atoms in total. The Morgan fingerprint density at radius 1 is 1.35 bits per heavy atom. The van der Waals surface area contributed by atoms with E-state index in [1.807, 2.05) is 13.0 Å². The quantitative estimate of drug-likeness (QED) is 0.479. The second-order valence-electron chi connectivity index (χ2n) is 4.65. The van der Waals surface area contributed by atoms with E-state index >= 15 is 0 Å². The molecular formula is C14H19FN2. The summed E-state index contributed by atoms with van der Waals surface area (Å²) in [4.78, 5) is 0. The fourth-order valence-electron chi connectivity index (χ4n) is 2.41. The Hall–Kier alpha value is -1.19. The van der Waals surface area contributed by atoms with E-state index in [9.17, 15) is 4.39 Å². The van der Waals surface area contributed by atoms with Gasteiger partial charge >= 0.3 is 0 Å². The molecule has 0 saturated heterocycles. The topological polar surface area (TPSA) is 38.0 Å². The molecule has 0 spiro atoms. The number of hydrogen-bond donors (Lipinski definition) is 2. The summed E-state index contributed by atoms with van der Waals surface area (Å²) < 4.78 is 13.8. The fraction of sp³-hybridized carbons (Fsp3) is 0.429. The fourth-order valence-corrected chi connectivity index (χ4v) is 2.41. The van der Waals surface area contributed by atoms with Gasteiger partial charge in [-0.25, -0.2) is 9.82 Å². The number of hydrazine groups is 1. The highest BCUT2D eigenvalue weighted by atomic mass is 19.1. The molecule has 1 unspecified atom stereocenters. The predicted molar refractivity (Wildman–Crippen MR) is 67.8 cm³/mol. The molecule has 0 heterocycles. The van der Waals surface area contributed by atoms with E-state index in [4.69, 9.17) is 5.84 Å². The SMILES string of the molecule is Cc1ccc(F)c(C(NN)C2=CCCCC2)c1. The van der Waals surface area contributed by atoms with E-state index in [0.29, 0.717) is 5.56 Å². The van der Waals surface area contributed by atoms with Gasteiger partial charge in [-0.2, -0.15) is 0 Å². The van der Waals surface area contributed by atoms with Crippen molar-refractivity contribution in [2.75, 3.05) is 0 Å². The minimum absolute atomic E-state index is 0.185. The van der Waals surface area contributed by atoms with Gasteiger partial charge in [0.1, 0.15) is 5.82 Å². The van der Waals surface area contributed by atoms with Crippen molar-refractivity contribution in [3.05, 3.63) is 46.8 Å². The number of halogens is 1. The second-order valence-corrected chi connectivity index (χ2v) is 4.65. The Kier molecular flexibility index (Phi) is 3.92. The molecule has 0 fully saturated rings. The molecular weight excluding hydrogens is 215 g/mol. The normalized spacial score (nSPS) is 17.7. The molecule has 3 heteroatoms. The van der Waals surface area contributed by atoms with Gasteiger partial charge in [0.15, 0.2) is 0 Å². The molecule has 1 aliphatic carbocycles. The van der Waals surface area contributed by atoms with Gasteiger partial charge in [-0.15, -0.1) is 0 Å². The van der Waals surface area contributed by atoms with Gasteiger partial charge in [-0.05, 0) is 38.7 Å². The van der Waals surface area contributed by atoms with Gasteiger partial charge in [0.25, 0.3) is 0 Å². The lowest BCUT2D eigenvalue weighted by Crippen LogP contribution is -2.30. The highest BCUT2D eigenvalue weighted by Gasteiger charge is 2.20. The highest BCUT2D eigenvalue weighted by molar-refractivity contribution is 5.33. The van der Waals surface area contributed by atoms with Crippen LogP contribution in [0.4, 0.5) is 4.39 Å². The minimum Gasteiger partial charge on any atom is -0.271 e. The van der Waals surface area contributed by atoms with Crippen molar-refractivity contribution in [3.8, 4) is 0 Å². The first kappa shape index (κ1) is 12.3. The Morgan fingerprint density at radius 3 is 2.82 bits per heavy atom. The van der Waals surface area contributed by atoms with E-state index in [1.165, 1.54) is 18.1 Å². The molecule has 1 aromatic carbocycles. The van der Waals surface area contributed by atoms with E-state index < -0.39 is 0 Å². The van der Waals surface area contributed by atoms with Gasteiger partial charge in [0, 0.05) is 5.56 Å². The predicted octanol–water partition coefficient (Wildman–Crippen LogP) is 3.14. The summed E-state index contributed by atoms with van der Waals surface area (Å²) >= 11 is 0. The van der Waals surface area contributed by atoms with Gasteiger partial charge in [0.05, 0.1) is 6.04 Å². The van der Waals surface area contributed by atoms with Crippen molar-refractivity contribution in [1.29, 1.82) is 0 Å². The molecule has 0 amide bonds. The number of allylic oxidation sites excluding steroid dienone is 1. The summed E-state index contributed by atoms with van der Waals surface area (Å²) in [6, 6.07) is 4.98. The number of hydrogen-bond acceptors (Lipinski definition) is 2. The van der Waals surface area contributed by atoms with Crippen LogP contribution in [-0.2, 0) is 0 Å². The average molecular weight is 234 g/mol. The van der Waals surface area contributed by atoms with Crippen molar-refractivity contribution in [2.45, 2.75) is 38.6 Å². The first-order valence-corrected chi connectivity index (χ1v) is 6.13. The molecule has 92 valence electrons. The largest absolute Gasteiger partial charge is 0.271 e. The standard InChI is InChI=1S/C14H19FN2/c1-10-7-8-13(15)12(9-10)14(17-16)11-5-3-2-4-6-11/h5,7-9,14,17H,2-4,6,16H2,1H3. The van der Waals surface area contributed by atoms with Gasteiger partial charge in [-0.3, -0.25) is 5.84 Å². The Bertz CT molecular complexity index is 426. The van der Waals surface area contributed by atoms with E-state index in [2.05, 4.69) is 11.5 Å². The molecule has 3 N–H and O–H groups in total. The molecule has 17 heavy (non-hydrogen) atoms. The van der Waals surface area contributed by atoms with Crippen LogP contribution in [0.15, 0.2) is 29.8 Å². The Labute approximate surface area is 102 Å². The van der Waals surface area contributed by atoms with Crippen LogP contribution in [0.1, 0.15) is 42.9 Å². The number of nitrogens with two attached hydrogens (primary N) is 1. The van der Waals surface area contributed by atoms with Crippen LogP contribution in [0.3, 0.4) is 0 Å². The maximum Gasteiger partial charge on any atom is 0.128 e. The lowest BCUT2D eigenvalue weighted by molar-refractivity contribution is 0.527. The number of nitrogens with one attached hydrogen (secondary N) is 1. The van der Waals surface area contributed by atoms with Crippen molar-refractivity contribution < 1.29 is 4.39 Å². The van der Waals surface area contributed by atoms with Crippen LogP contribution < -0.4 is 11.3 Å². The Balaban J connectivity index is 2.34. The van der Waals surface area contributed by atoms with E-state index in [0.717, 1.165) is 24.8 Å². The Morgan fingerprint density at radius 2 is 2.18 bits per heavy atom. The second kappa shape index (κ2) is 5.43. The van der Waals surface area contributed by atoms with Crippen LogP contribution in [0.2, 0.25) is 0 Å². The molecule has 1 aliphatic rings. The number of rotatable bonds is 3. The molecule has 0 aromatic heterocycles. The van der Waals surface area contributed by atoms with Crippen LogP contribution in [-0.4, -0.2) is 0 Å². The van der Waals surface area contributed by atoms with Crippen molar-refractivity contribution >= 4 is 0 Å². The lowest BCUT2D eigenvalue weighted by Gasteiger charge is -2.23. The average Bonchev–Trinajstić information content (AvgIpc) is 2.36. The molecule has 0 aliphatic heterocycles. The third kappa shape index (κ3) is 2.73. The third-order valence-electron chi connectivity index (χ3n) is 3.33. The maximum absolute atomic E-state index is 13.8. The smallest absolute Gasteiger partial charge is 0.128 e. The first-order chi connectivity index (χ1) is 8.22. The van der Waals surface area contributed by atoms with Gasteiger partial charge in [0.2, 0.25) is 0 Å². The monoisotopic (exact) mass is 234 g/mol. The van der Waals surface area contributed by atoms with Crippen LogP contribution in [0, 0.1) is 12.7 Å². The summed E-state index contributed by atoms with van der Waals surface area (Å²) in [5, 5.41) is 0. The van der Waals surface area contributed by atoms with Gasteiger partial charge < -0.3 is 0 Å². The zero-order valence-corrected chi connectivity index (χ0v) is 10.2. The lowest BCUT2D eigenvalue weighted by atomic mass is 9.89. The molecule has 1 aromatic rings. The van der Waals surface area contributed by atoms with Crippen LogP contribution in [0.5, 0.6) is 0 Å². The summed E-state index contributed by atoms with van der Waals surface area (Å²) in [6.45, 7) is 1.96. The summed E-state index contributed by atoms with van der Waals surface area (Å²) in [5.74, 6) is 5.41. The molecule has 0 bridgehead atoms. The number of aryl methyl sites for hydroxylation is 1. The zero-order valence-electron chi connectivity index (χ0n) is 10.2.